The van der Waals surface area contributed by atoms with Crippen molar-refractivity contribution in [1.82, 2.24) is 5.09 Å². The van der Waals surface area contributed by atoms with Crippen LogP contribution in [0.25, 0.3) is 0 Å². The van der Waals surface area contributed by atoms with E-state index in [0.717, 1.165) is 22.3 Å². The molecular weight excluding hydrogens is 1030 g/mol. The van der Waals surface area contributed by atoms with Crippen molar-refractivity contribution in [3.05, 3.63) is 187 Å². The smallest absolute Gasteiger partial charge is 0.438 e. The van der Waals surface area contributed by atoms with Crippen LogP contribution in [-0.2, 0) is 23.1 Å². The number of methoxy groups -OCH3 is 1. The van der Waals surface area contributed by atoms with E-state index in [0.29, 0.717) is 105 Å². The molecule has 0 aliphatic carbocycles. The van der Waals surface area contributed by atoms with Crippen LogP contribution in [0, 0.1) is 27.7 Å². The third-order valence-electron chi connectivity index (χ3n) is 12.8. The van der Waals surface area contributed by atoms with Crippen molar-refractivity contribution in [2.24, 2.45) is 5.73 Å². The van der Waals surface area contributed by atoms with Gasteiger partial charge in [0.1, 0.15) is 6.10 Å². The van der Waals surface area contributed by atoms with Gasteiger partial charge in [0.2, 0.25) is 0 Å². The predicted molar refractivity (Wildman–Crippen MR) is 299 cm³/mol. The van der Waals surface area contributed by atoms with Gasteiger partial charge in [-0.2, -0.15) is 0 Å². The van der Waals surface area contributed by atoms with Gasteiger partial charge in [-0.25, -0.2) is 14.4 Å². The third kappa shape index (κ3) is 14.1. The lowest BCUT2D eigenvalue weighted by molar-refractivity contribution is 0.0335. The first-order valence-electron chi connectivity index (χ1n) is 24.5. The predicted octanol–water partition coefficient (Wildman–Crippen LogP) is 12.7. The lowest BCUT2D eigenvalue weighted by Gasteiger charge is -2.26. The molecule has 5 N–H and O–H groups in total. The zero-order valence-corrected chi connectivity index (χ0v) is 46.1. The molecule has 0 bridgehead atoms. The highest BCUT2D eigenvalue weighted by atomic mass is 35.5. The zero-order valence-electron chi connectivity index (χ0n) is 43.7. The number of amides is 4. The molecule has 76 heavy (non-hydrogen) atoms. The van der Waals surface area contributed by atoms with Crippen molar-refractivity contribution >= 4 is 83.5 Å². The number of carbonyl (C=O) groups is 5. The summed E-state index contributed by atoms with van der Waals surface area (Å²) in [5, 5.41) is 9.39. The van der Waals surface area contributed by atoms with Crippen LogP contribution in [0.15, 0.2) is 121 Å². The van der Waals surface area contributed by atoms with Crippen molar-refractivity contribution in [2.75, 3.05) is 61.8 Å². The largest absolute Gasteiger partial charge is 0.508 e. The van der Waals surface area contributed by atoms with Crippen molar-refractivity contribution < 1.29 is 47.1 Å². The SMILES string of the molecule is CN.CNP(=O)(OC)OC1CCCN(C(=O)c2ccc(NC(=O)c3ccccc3C)cc2C)c2ccc(Cl)cc21.COC(=O)OC1CCCN(C(=O)c2ccc(NC(=O)c3ccccc3C)cc2C)c2ccc(Cl)cc21. The fraction of sp³-hybridized carbons (Fsp3) is 0.281. The molecule has 6 aromatic rings. The topological polar surface area (TPSA) is 208 Å². The van der Waals surface area contributed by atoms with Gasteiger partial charge >= 0.3 is 13.9 Å². The van der Waals surface area contributed by atoms with Gasteiger partial charge in [-0.15, -0.1) is 0 Å². The Hall–Kier alpha value is -6.88. The molecule has 4 amide bonds. The van der Waals surface area contributed by atoms with Crippen LogP contribution in [0.3, 0.4) is 0 Å². The standard InChI is InChI=1S/C28H31ClN3O5P.C28H27ClN2O5.CH5N/c1-18-8-5-6-9-22(18)27(33)31-21-12-13-23(19(2)16-21)28(34)32-15-7-10-26(37-38(35,30-3)36-4)24-17-20(29)11-14-25(24)32;1-17-7-4-5-8-21(17)26(32)30-20-11-12-22(18(2)15-20)27(33)31-14-6-9-25(36-28(34)35-3)23-16-19(29)10-13-24(23)31;1-2/h5-6,8-9,11-14,16-17,26H,7,10,15H2,1-4H3,(H,30,35)(H,31,33);4-5,7-8,10-13,15-16,25H,6,9,14H2,1-3H3,(H,30,32);2H2,1H3. The molecule has 0 fully saturated rings. The zero-order chi connectivity index (χ0) is 55.3. The van der Waals surface area contributed by atoms with E-state index in [1.165, 1.54) is 28.3 Å². The number of hydrogen-bond donors (Lipinski definition) is 4. The van der Waals surface area contributed by atoms with E-state index in [-0.39, 0.29) is 23.6 Å². The minimum atomic E-state index is -3.52. The van der Waals surface area contributed by atoms with Gasteiger partial charge in [-0.1, -0.05) is 59.6 Å². The average Bonchev–Trinajstić information content (AvgIpc) is 3.70. The maximum absolute atomic E-state index is 13.8. The molecule has 3 atom stereocenters. The van der Waals surface area contributed by atoms with Crippen LogP contribution in [0.5, 0.6) is 0 Å². The number of nitrogens with two attached hydrogens (primary N) is 1. The molecule has 2 aliphatic heterocycles. The van der Waals surface area contributed by atoms with Gasteiger partial charge in [0.05, 0.1) is 18.9 Å². The first-order chi connectivity index (χ1) is 36.4. The molecule has 400 valence electrons. The highest BCUT2D eigenvalue weighted by molar-refractivity contribution is 7.51. The summed E-state index contributed by atoms with van der Waals surface area (Å²) in [7, 11) is 2.05. The molecule has 2 aliphatic rings. The Bertz CT molecular complexity index is 3150. The number of rotatable bonds is 11. The molecule has 2 heterocycles. The van der Waals surface area contributed by atoms with Gasteiger partial charge in [0.25, 0.3) is 23.6 Å². The van der Waals surface area contributed by atoms with Gasteiger partial charge < -0.3 is 40.2 Å². The Kier molecular flexibility index (Phi) is 20.5. The van der Waals surface area contributed by atoms with Crippen LogP contribution < -0.4 is 31.3 Å². The van der Waals surface area contributed by atoms with Gasteiger partial charge in [-0.3, -0.25) is 23.7 Å². The van der Waals surface area contributed by atoms with Crippen LogP contribution in [0.1, 0.15) is 113 Å². The Morgan fingerprint density at radius 3 is 1.42 bits per heavy atom. The number of hydrogen-bond acceptors (Lipinski definition) is 11. The number of anilines is 4. The summed E-state index contributed by atoms with van der Waals surface area (Å²) in [6.45, 7) is 8.33. The molecule has 0 spiro atoms. The highest BCUT2D eigenvalue weighted by Crippen LogP contribution is 2.50. The normalized spacial score (nSPS) is 15.5. The van der Waals surface area contributed by atoms with Gasteiger partial charge in [-0.05, 0) is 175 Å². The van der Waals surface area contributed by atoms with Crippen LogP contribution in [0.2, 0.25) is 10.0 Å². The molecule has 8 rings (SSSR count). The van der Waals surface area contributed by atoms with E-state index in [2.05, 4.69) is 26.2 Å². The van der Waals surface area contributed by atoms with E-state index in [4.69, 9.17) is 37.0 Å². The van der Waals surface area contributed by atoms with Crippen LogP contribution >= 0.6 is 30.9 Å². The summed E-state index contributed by atoms with van der Waals surface area (Å²) in [4.78, 5) is 68.1. The van der Waals surface area contributed by atoms with E-state index in [9.17, 15) is 28.5 Å². The fourth-order valence-corrected chi connectivity index (χ4v) is 10.2. The minimum absolute atomic E-state index is 0.188. The lowest BCUT2D eigenvalue weighted by Crippen LogP contribution is -2.32. The maximum Gasteiger partial charge on any atom is 0.508 e. The van der Waals surface area contributed by atoms with Gasteiger partial charge in [0, 0.05) is 80.7 Å². The van der Waals surface area contributed by atoms with Crippen molar-refractivity contribution in [3.8, 4) is 0 Å². The number of fused-ring (bicyclic) bond motifs is 2. The van der Waals surface area contributed by atoms with Crippen molar-refractivity contribution in [2.45, 2.75) is 65.6 Å². The number of nitrogens with zero attached hydrogens (tertiary/aromatic N) is 2. The third-order valence-corrected chi connectivity index (χ3v) is 14.9. The number of nitrogens with one attached hydrogen (secondary N) is 3. The van der Waals surface area contributed by atoms with Crippen molar-refractivity contribution in [3.63, 3.8) is 0 Å². The number of aryl methyl sites for hydroxylation is 4. The second-order valence-electron chi connectivity index (χ2n) is 17.8. The highest BCUT2D eigenvalue weighted by Gasteiger charge is 2.34. The Morgan fingerprint density at radius 1 is 0.579 bits per heavy atom. The summed E-state index contributed by atoms with van der Waals surface area (Å²) in [5.74, 6) is -0.791. The van der Waals surface area contributed by atoms with Crippen LogP contribution in [-0.4, -0.2) is 71.2 Å². The molecule has 0 aromatic heterocycles. The molecule has 0 saturated heterocycles. The fourth-order valence-electron chi connectivity index (χ4n) is 8.96. The Balaban J connectivity index is 0.000000239. The Morgan fingerprint density at radius 2 is 1.01 bits per heavy atom. The quantitative estimate of drug-likeness (QED) is 0.0706. The lowest BCUT2D eigenvalue weighted by atomic mass is 10.0. The number of halogens is 2. The summed E-state index contributed by atoms with van der Waals surface area (Å²) >= 11 is 12.5. The molecule has 19 heteroatoms. The van der Waals surface area contributed by atoms with E-state index < -0.39 is 26.1 Å². The average molecular weight is 1090 g/mol. The molecule has 0 radical (unpaired) electrons. The van der Waals surface area contributed by atoms with Crippen LogP contribution in [0.4, 0.5) is 27.5 Å². The molecule has 0 saturated carbocycles. The number of benzene rings is 6. The van der Waals surface area contributed by atoms with E-state index in [1.807, 2.05) is 64.1 Å². The van der Waals surface area contributed by atoms with E-state index >= 15 is 0 Å². The number of carbonyl (C=O) groups excluding carboxylic acids is 5. The summed E-state index contributed by atoms with van der Waals surface area (Å²) < 4.78 is 33.9. The van der Waals surface area contributed by atoms with E-state index in [1.54, 1.807) is 94.7 Å². The minimum Gasteiger partial charge on any atom is -0.438 e. The second kappa shape index (κ2) is 26.7. The summed E-state index contributed by atoms with van der Waals surface area (Å²) in [6, 6.07) is 35.6. The first kappa shape index (κ1) is 58.4. The second-order valence-corrected chi connectivity index (χ2v) is 20.7. The molecular formula is C57H63Cl2N6O10P. The first-order valence-corrected chi connectivity index (χ1v) is 26.8. The van der Waals surface area contributed by atoms with Gasteiger partial charge in [0.15, 0.2) is 0 Å². The summed E-state index contributed by atoms with van der Waals surface area (Å²) in [5.41, 5.74) is 13.7. The molecule has 16 nitrogen and oxygen atoms in total. The molecule has 6 aromatic carbocycles. The Labute approximate surface area is 453 Å². The van der Waals surface area contributed by atoms with Crippen molar-refractivity contribution in [1.29, 1.82) is 0 Å². The monoisotopic (exact) mass is 1090 g/mol. The molecule has 3 unspecified atom stereocenters. The number of ether oxygens (including phenoxy) is 2. The maximum atomic E-state index is 13.8. The summed E-state index contributed by atoms with van der Waals surface area (Å²) in [6.07, 6.45) is 0.321.